The monoisotopic (exact) mass is 291 g/mol. The Morgan fingerprint density at radius 3 is 2.57 bits per heavy atom. The van der Waals surface area contributed by atoms with E-state index in [-0.39, 0.29) is 12.6 Å². The fourth-order valence-corrected chi connectivity index (χ4v) is 2.89. The highest BCUT2D eigenvalue weighted by Gasteiger charge is 2.26. The van der Waals surface area contributed by atoms with Crippen LogP contribution in [0, 0.1) is 0 Å². The van der Waals surface area contributed by atoms with Crippen molar-refractivity contribution >= 4 is 23.3 Å². The predicted molar refractivity (Wildman–Crippen MR) is 81.0 cm³/mol. The number of nitrogen functional groups attached to an aromatic ring is 1. The number of amides is 1. The molecule has 0 aliphatic heterocycles. The Hall–Kier alpha value is -2.24. The summed E-state index contributed by atoms with van der Waals surface area (Å²) in [7, 11) is 1.31. The molecule has 1 aliphatic carbocycles. The molecular formula is C15H21N3O3. The van der Waals surface area contributed by atoms with E-state index in [4.69, 9.17) is 16.2 Å². The van der Waals surface area contributed by atoms with E-state index in [1.807, 2.05) is 11.0 Å². The lowest BCUT2D eigenvalue weighted by atomic mass is 10.1. The van der Waals surface area contributed by atoms with Gasteiger partial charge >= 0.3 is 5.97 Å². The van der Waals surface area contributed by atoms with Crippen molar-refractivity contribution in [1.29, 1.82) is 0 Å². The van der Waals surface area contributed by atoms with Gasteiger partial charge in [-0.05, 0) is 25.0 Å². The van der Waals surface area contributed by atoms with Crippen LogP contribution in [0.1, 0.15) is 36.0 Å². The van der Waals surface area contributed by atoms with Crippen molar-refractivity contribution in [2.24, 2.45) is 5.73 Å². The number of nitrogens with two attached hydrogens (primary N) is 2. The fraction of sp³-hybridized carbons (Fsp3) is 0.467. The molecule has 6 nitrogen and oxygen atoms in total. The first kappa shape index (κ1) is 15.2. The first-order chi connectivity index (χ1) is 10.0. The second-order valence-corrected chi connectivity index (χ2v) is 5.26. The van der Waals surface area contributed by atoms with E-state index < -0.39 is 11.9 Å². The minimum absolute atomic E-state index is 0.0967. The normalized spacial score (nSPS) is 14.9. The van der Waals surface area contributed by atoms with Crippen LogP contribution in [-0.2, 0) is 9.53 Å². The molecule has 1 amide bonds. The van der Waals surface area contributed by atoms with Crippen molar-refractivity contribution in [1.82, 2.24) is 0 Å². The van der Waals surface area contributed by atoms with Crippen LogP contribution >= 0.6 is 0 Å². The van der Waals surface area contributed by atoms with Crippen LogP contribution in [0.25, 0.3) is 0 Å². The number of ether oxygens (including phenoxy) is 1. The lowest BCUT2D eigenvalue weighted by molar-refractivity contribution is -0.116. The molecule has 0 radical (unpaired) electrons. The van der Waals surface area contributed by atoms with E-state index in [1.54, 1.807) is 12.1 Å². The number of anilines is 2. The Morgan fingerprint density at radius 2 is 2.00 bits per heavy atom. The molecule has 1 aromatic rings. The highest BCUT2D eigenvalue weighted by atomic mass is 16.5. The summed E-state index contributed by atoms with van der Waals surface area (Å²) in [5.74, 6) is -0.899. The quantitative estimate of drug-likeness (QED) is 0.629. The largest absolute Gasteiger partial charge is 0.465 e. The molecule has 2 rings (SSSR count). The van der Waals surface area contributed by atoms with Crippen LogP contribution in [-0.4, -0.2) is 31.6 Å². The highest BCUT2D eigenvalue weighted by Crippen LogP contribution is 2.33. The number of carbonyl (C=O) groups is 2. The van der Waals surface area contributed by atoms with Crippen molar-refractivity contribution in [3.63, 3.8) is 0 Å². The first-order valence-corrected chi connectivity index (χ1v) is 7.06. The summed E-state index contributed by atoms with van der Waals surface area (Å²) >= 11 is 0. The standard InChI is InChI=1S/C15H21N3O3/c1-21-15(20)11-7-4-8-12(14(11)17)18(9-13(16)19)10-5-2-3-6-10/h4,7-8,10H,2-3,5-6,9,17H2,1H3,(H2,16,19). The van der Waals surface area contributed by atoms with E-state index in [0.717, 1.165) is 25.7 Å². The predicted octanol–water partition coefficient (Wildman–Crippen LogP) is 1.29. The maximum atomic E-state index is 11.7. The third-order valence-corrected chi connectivity index (χ3v) is 3.89. The van der Waals surface area contributed by atoms with E-state index >= 15 is 0 Å². The molecule has 0 spiro atoms. The lowest BCUT2D eigenvalue weighted by Gasteiger charge is -2.31. The molecule has 0 saturated heterocycles. The highest BCUT2D eigenvalue weighted by molar-refractivity contribution is 5.99. The SMILES string of the molecule is COC(=O)c1cccc(N(CC(N)=O)C2CCCC2)c1N. The second-order valence-electron chi connectivity index (χ2n) is 5.26. The van der Waals surface area contributed by atoms with E-state index in [1.165, 1.54) is 7.11 Å². The Labute approximate surface area is 124 Å². The number of primary amides is 1. The summed E-state index contributed by atoms with van der Waals surface area (Å²) in [6, 6.07) is 5.39. The number of esters is 1. The molecule has 21 heavy (non-hydrogen) atoms. The van der Waals surface area contributed by atoms with Crippen molar-refractivity contribution in [2.45, 2.75) is 31.7 Å². The molecule has 4 N–H and O–H groups in total. The van der Waals surface area contributed by atoms with Crippen LogP contribution in [0.4, 0.5) is 11.4 Å². The van der Waals surface area contributed by atoms with Gasteiger partial charge in [-0.2, -0.15) is 0 Å². The van der Waals surface area contributed by atoms with Gasteiger partial charge in [0.1, 0.15) is 0 Å². The van der Waals surface area contributed by atoms with Gasteiger partial charge in [0.25, 0.3) is 0 Å². The number of nitrogens with zero attached hydrogens (tertiary/aromatic N) is 1. The molecule has 0 atom stereocenters. The lowest BCUT2D eigenvalue weighted by Crippen LogP contribution is -2.40. The molecule has 1 aromatic carbocycles. The third kappa shape index (κ3) is 3.26. The van der Waals surface area contributed by atoms with Gasteiger partial charge in [0, 0.05) is 6.04 Å². The second kappa shape index (κ2) is 6.47. The van der Waals surface area contributed by atoms with Crippen molar-refractivity contribution in [3.05, 3.63) is 23.8 Å². The topological polar surface area (TPSA) is 98.6 Å². The van der Waals surface area contributed by atoms with Crippen LogP contribution in [0.5, 0.6) is 0 Å². The molecule has 6 heteroatoms. The Balaban J connectivity index is 2.39. The van der Waals surface area contributed by atoms with Gasteiger partial charge in [0.15, 0.2) is 0 Å². The zero-order chi connectivity index (χ0) is 15.4. The molecular weight excluding hydrogens is 270 g/mol. The number of hydrogen-bond acceptors (Lipinski definition) is 5. The molecule has 1 saturated carbocycles. The smallest absolute Gasteiger partial charge is 0.340 e. The maximum Gasteiger partial charge on any atom is 0.340 e. The molecule has 1 aliphatic rings. The Morgan fingerprint density at radius 1 is 1.33 bits per heavy atom. The van der Waals surface area contributed by atoms with Crippen LogP contribution in [0.2, 0.25) is 0 Å². The van der Waals surface area contributed by atoms with Gasteiger partial charge in [0.2, 0.25) is 5.91 Å². The summed E-state index contributed by atoms with van der Waals surface area (Å²) in [6.07, 6.45) is 4.23. The van der Waals surface area contributed by atoms with Gasteiger partial charge in [-0.3, -0.25) is 4.79 Å². The zero-order valence-electron chi connectivity index (χ0n) is 12.2. The summed E-state index contributed by atoms with van der Waals surface area (Å²) in [6.45, 7) is 0.0967. The summed E-state index contributed by atoms with van der Waals surface area (Å²) in [5.41, 5.74) is 12.8. The van der Waals surface area contributed by atoms with E-state index in [2.05, 4.69) is 0 Å². The molecule has 0 aromatic heterocycles. The van der Waals surface area contributed by atoms with E-state index in [9.17, 15) is 9.59 Å². The average molecular weight is 291 g/mol. The fourth-order valence-electron chi connectivity index (χ4n) is 2.89. The van der Waals surface area contributed by atoms with Crippen molar-refractivity contribution in [2.75, 3.05) is 24.3 Å². The molecule has 114 valence electrons. The van der Waals surface area contributed by atoms with Crippen LogP contribution in [0.15, 0.2) is 18.2 Å². The number of para-hydroxylation sites is 1. The van der Waals surface area contributed by atoms with Crippen LogP contribution < -0.4 is 16.4 Å². The molecule has 0 heterocycles. The van der Waals surface area contributed by atoms with Crippen molar-refractivity contribution < 1.29 is 14.3 Å². The van der Waals surface area contributed by atoms with E-state index in [0.29, 0.717) is 16.9 Å². The van der Waals surface area contributed by atoms with Crippen molar-refractivity contribution in [3.8, 4) is 0 Å². The molecule has 0 unspecified atom stereocenters. The first-order valence-electron chi connectivity index (χ1n) is 7.06. The third-order valence-electron chi connectivity index (χ3n) is 3.89. The summed E-state index contributed by atoms with van der Waals surface area (Å²) < 4.78 is 4.73. The van der Waals surface area contributed by atoms with Gasteiger partial charge in [0.05, 0.1) is 30.6 Å². The van der Waals surface area contributed by atoms with Gasteiger partial charge < -0.3 is 21.1 Å². The Bertz CT molecular complexity index is 539. The number of hydrogen-bond donors (Lipinski definition) is 2. The van der Waals surface area contributed by atoms with Crippen LogP contribution in [0.3, 0.4) is 0 Å². The molecule has 0 bridgehead atoms. The minimum Gasteiger partial charge on any atom is -0.465 e. The number of methoxy groups -OCH3 is 1. The van der Waals surface area contributed by atoms with Gasteiger partial charge in [-0.25, -0.2) is 4.79 Å². The minimum atomic E-state index is -0.486. The average Bonchev–Trinajstić information content (AvgIpc) is 2.98. The van der Waals surface area contributed by atoms with Gasteiger partial charge in [-0.15, -0.1) is 0 Å². The van der Waals surface area contributed by atoms with Gasteiger partial charge in [-0.1, -0.05) is 18.9 Å². The number of benzene rings is 1. The summed E-state index contributed by atoms with van der Waals surface area (Å²) in [4.78, 5) is 25.0. The number of rotatable bonds is 5. The molecule has 1 fully saturated rings. The number of carbonyl (C=O) groups excluding carboxylic acids is 2. The zero-order valence-corrected chi connectivity index (χ0v) is 12.2. The summed E-state index contributed by atoms with van der Waals surface area (Å²) in [5, 5.41) is 0. The maximum absolute atomic E-state index is 11.7. The Kier molecular flexibility index (Phi) is 4.67.